The standard InChI is InChI=1S/C17H22N2O3S/c1-3-23-11-9-16(20)18-10-8-14-12-22-17(19-14)13-4-6-15(21-2)7-5-13/h4-7,12H,3,8-11H2,1-2H3,(H,18,20). The number of oxazole rings is 1. The van der Waals surface area contributed by atoms with Crippen LogP contribution >= 0.6 is 11.8 Å². The summed E-state index contributed by atoms with van der Waals surface area (Å²) in [7, 11) is 1.63. The van der Waals surface area contributed by atoms with Gasteiger partial charge in [0.2, 0.25) is 11.8 Å². The molecular weight excluding hydrogens is 312 g/mol. The summed E-state index contributed by atoms with van der Waals surface area (Å²) in [5.74, 6) is 3.37. The summed E-state index contributed by atoms with van der Waals surface area (Å²) in [6.45, 7) is 2.66. The van der Waals surface area contributed by atoms with Crippen molar-refractivity contribution < 1.29 is 13.9 Å². The van der Waals surface area contributed by atoms with Gasteiger partial charge in [-0.25, -0.2) is 4.98 Å². The van der Waals surface area contributed by atoms with Crippen LogP contribution in [0, 0.1) is 0 Å². The van der Waals surface area contributed by atoms with Crippen LogP contribution in [0.15, 0.2) is 34.9 Å². The molecule has 0 fully saturated rings. The number of benzene rings is 1. The molecule has 124 valence electrons. The highest BCUT2D eigenvalue weighted by Crippen LogP contribution is 2.21. The second-order valence-electron chi connectivity index (χ2n) is 4.92. The maximum absolute atomic E-state index is 11.6. The zero-order valence-electron chi connectivity index (χ0n) is 13.5. The molecule has 23 heavy (non-hydrogen) atoms. The highest BCUT2D eigenvalue weighted by atomic mass is 32.2. The fourth-order valence-corrected chi connectivity index (χ4v) is 2.63. The van der Waals surface area contributed by atoms with Crippen LogP contribution in [0.1, 0.15) is 19.0 Å². The van der Waals surface area contributed by atoms with Crippen molar-refractivity contribution in [3.63, 3.8) is 0 Å². The van der Waals surface area contributed by atoms with Crippen molar-refractivity contribution in [2.24, 2.45) is 0 Å². The third kappa shape index (κ3) is 5.63. The lowest BCUT2D eigenvalue weighted by Gasteiger charge is -2.03. The van der Waals surface area contributed by atoms with E-state index in [4.69, 9.17) is 9.15 Å². The topological polar surface area (TPSA) is 64.4 Å². The number of hydrogen-bond acceptors (Lipinski definition) is 5. The van der Waals surface area contributed by atoms with Gasteiger partial charge in [-0.1, -0.05) is 6.92 Å². The Kier molecular flexibility index (Phi) is 7.00. The number of aromatic nitrogens is 1. The van der Waals surface area contributed by atoms with Gasteiger partial charge in [-0.2, -0.15) is 11.8 Å². The smallest absolute Gasteiger partial charge is 0.226 e. The zero-order chi connectivity index (χ0) is 16.5. The zero-order valence-corrected chi connectivity index (χ0v) is 14.3. The number of carbonyl (C=O) groups excluding carboxylic acids is 1. The molecule has 1 amide bonds. The fourth-order valence-electron chi connectivity index (χ4n) is 2.02. The summed E-state index contributed by atoms with van der Waals surface area (Å²) in [5.41, 5.74) is 1.73. The van der Waals surface area contributed by atoms with Gasteiger partial charge in [0, 0.05) is 30.7 Å². The molecule has 0 spiro atoms. The first-order valence-electron chi connectivity index (χ1n) is 7.66. The van der Waals surface area contributed by atoms with Crippen LogP contribution in [0.2, 0.25) is 0 Å². The average molecular weight is 334 g/mol. The number of carbonyl (C=O) groups is 1. The number of hydrogen-bond donors (Lipinski definition) is 1. The quantitative estimate of drug-likeness (QED) is 0.714. The first kappa shape index (κ1) is 17.4. The van der Waals surface area contributed by atoms with Gasteiger partial charge < -0.3 is 14.5 Å². The van der Waals surface area contributed by atoms with Crippen LogP contribution in [0.3, 0.4) is 0 Å². The Morgan fingerprint density at radius 3 is 2.83 bits per heavy atom. The van der Waals surface area contributed by atoms with Crippen LogP contribution in [-0.4, -0.2) is 36.1 Å². The molecule has 0 saturated heterocycles. The lowest BCUT2D eigenvalue weighted by atomic mass is 10.2. The van der Waals surface area contributed by atoms with E-state index >= 15 is 0 Å². The number of rotatable bonds is 9. The minimum absolute atomic E-state index is 0.0878. The molecule has 6 heteroatoms. The first-order chi connectivity index (χ1) is 11.2. The van der Waals surface area contributed by atoms with Gasteiger partial charge in [0.1, 0.15) is 12.0 Å². The van der Waals surface area contributed by atoms with Gasteiger partial charge in [-0.05, 0) is 30.0 Å². The Morgan fingerprint density at radius 1 is 1.35 bits per heavy atom. The summed E-state index contributed by atoms with van der Waals surface area (Å²) >= 11 is 1.77. The first-order valence-corrected chi connectivity index (χ1v) is 8.81. The Balaban J connectivity index is 1.79. The number of amides is 1. The van der Waals surface area contributed by atoms with E-state index in [0.717, 1.165) is 28.5 Å². The molecule has 0 aliphatic carbocycles. The Hall–Kier alpha value is -1.95. The Morgan fingerprint density at radius 2 is 2.13 bits per heavy atom. The normalized spacial score (nSPS) is 10.5. The second-order valence-corrected chi connectivity index (χ2v) is 6.31. The van der Waals surface area contributed by atoms with E-state index in [9.17, 15) is 4.79 Å². The lowest BCUT2D eigenvalue weighted by Crippen LogP contribution is -2.25. The van der Waals surface area contributed by atoms with Gasteiger partial charge in [0.05, 0.1) is 12.8 Å². The monoisotopic (exact) mass is 334 g/mol. The van der Waals surface area contributed by atoms with Gasteiger partial charge in [-0.3, -0.25) is 4.79 Å². The average Bonchev–Trinajstić information content (AvgIpc) is 3.04. The van der Waals surface area contributed by atoms with E-state index in [0.29, 0.717) is 25.3 Å². The van der Waals surface area contributed by atoms with Crippen LogP contribution in [0.25, 0.3) is 11.5 Å². The van der Waals surface area contributed by atoms with Gasteiger partial charge in [-0.15, -0.1) is 0 Å². The van der Waals surface area contributed by atoms with Crippen LogP contribution in [0.4, 0.5) is 0 Å². The summed E-state index contributed by atoms with van der Waals surface area (Å²) in [4.78, 5) is 16.1. The van der Waals surface area contributed by atoms with Crippen molar-refractivity contribution in [1.29, 1.82) is 0 Å². The molecule has 1 N–H and O–H groups in total. The van der Waals surface area contributed by atoms with Gasteiger partial charge >= 0.3 is 0 Å². The summed E-state index contributed by atoms with van der Waals surface area (Å²) in [6.07, 6.45) is 2.86. The molecule has 2 aromatic rings. The Bertz CT molecular complexity index is 611. The van der Waals surface area contributed by atoms with Crippen LogP contribution in [-0.2, 0) is 11.2 Å². The van der Waals surface area contributed by atoms with Gasteiger partial charge in [0.25, 0.3) is 0 Å². The molecular formula is C17H22N2O3S. The lowest BCUT2D eigenvalue weighted by molar-refractivity contribution is -0.120. The molecule has 1 aromatic heterocycles. The highest BCUT2D eigenvalue weighted by Gasteiger charge is 2.07. The molecule has 0 aliphatic heterocycles. The summed E-state index contributed by atoms with van der Waals surface area (Å²) in [5, 5.41) is 2.90. The third-order valence-corrected chi connectivity index (χ3v) is 4.17. The predicted octanol–water partition coefficient (Wildman–Crippen LogP) is 3.15. The maximum atomic E-state index is 11.6. The van der Waals surface area contributed by atoms with E-state index in [1.165, 1.54) is 0 Å². The molecule has 0 saturated carbocycles. The number of thioether (sulfide) groups is 1. The van der Waals surface area contributed by atoms with E-state index < -0.39 is 0 Å². The molecule has 2 rings (SSSR count). The highest BCUT2D eigenvalue weighted by molar-refractivity contribution is 7.99. The van der Waals surface area contributed by atoms with Crippen molar-refractivity contribution in [1.82, 2.24) is 10.3 Å². The molecule has 1 aromatic carbocycles. The van der Waals surface area contributed by atoms with E-state index in [1.807, 2.05) is 24.3 Å². The largest absolute Gasteiger partial charge is 0.497 e. The minimum Gasteiger partial charge on any atom is -0.497 e. The molecule has 0 unspecified atom stereocenters. The number of nitrogens with zero attached hydrogens (tertiary/aromatic N) is 1. The molecule has 0 radical (unpaired) electrons. The van der Waals surface area contributed by atoms with Crippen LogP contribution in [0.5, 0.6) is 5.75 Å². The van der Waals surface area contributed by atoms with E-state index in [2.05, 4.69) is 17.2 Å². The number of nitrogens with one attached hydrogen (secondary N) is 1. The predicted molar refractivity (Wildman–Crippen MR) is 92.8 cm³/mol. The van der Waals surface area contributed by atoms with E-state index in [-0.39, 0.29) is 5.91 Å². The van der Waals surface area contributed by atoms with Crippen molar-refractivity contribution in [2.45, 2.75) is 19.8 Å². The molecule has 0 aliphatic rings. The van der Waals surface area contributed by atoms with Crippen LogP contribution < -0.4 is 10.1 Å². The van der Waals surface area contributed by atoms with Crippen molar-refractivity contribution in [3.8, 4) is 17.2 Å². The minimum atomic E-state index is 0.0878. The third-order valence-electron chi connectivity index (χ3n) is 3.27. The number of ether oxygens (including phenoxy) is 1. The molecule has 0 atom stereocenters. The second kappa shape index (κ2) is 9.25. The summed E-state index contributed by atoms with van der Waals surface area (Å²) in [6, 6.07) is 7.55. The van der Waals surface area contributed by atoms with Crippen molar-refractivity contribution in [2.75, 3.05) is 25.2 Å². The van der Waals surface area contributed by atoms with Crippen molar-refractivity contribution >= 4 is 17.7 Å². The van der Waals surface area contributed by atoms with E-state index in [1.54, 1.807) is 25.1 Å². The fraction of sp³-hybridized carbons (Fsp3) is 0.412. The molecule has 5 nitrogen and oxygen atoms in total. The maximum Gasteiger partial charge on any atom is 0.226 e. The van der Waals surface area contributed by atoms with Gasteiger partial charge in [0.15, 0.2) is 0 Å². The number of methoxy groups -OCH3 is 1. The Labute approximate surface area is 140 Å². The summed E-state index contributed by atoms with van der Waals surface area (Å²) < 4.78 is 10.6. The van der Waals surface area contributed by atoms with Crippen molar-refractivity contribution in [3.05, 3.63) is 36.2 Å². The molecule has 1 heterocycles. The SMILES string of the molecule is CCSCCC(=O)NCCc1coc(-c2ccc(OC)cc2)n1. The molecule has 0 bridgehead atoms.